The molecular formula is C16H28N2. The van der Waals surface area contributed by atoms with Crippen LogP contribution in [0.15, 0.2) is 24.3 Å². The van der Waals surface area contributed by atoms with Crippen LogP contribution in [0.2, 0.25) is 0 Å². The molecule has 2 nitrogen and oxygen atoms in total. The first-order chi connectivity index (χ1) is 8.70. The minimum atomic E-state index is 0.104. The molecule has 1 aromatic carbocycles. The highest BCUT2D eigenvalue weighted by Crippen LogP contribution is 2.25. The normalized spacial score (nSPS) is 12.4. The van der Waals surface area contributed by atoms with Gasteiger partial charge in [-0.1, -0.05) is 44.9 Å². The van der Waals surface area contributed by atoms with Crippen molar-refractivity contribution < 1.29 is 0 Å². The summed E-state index contributed by atoms with van der Waals surface area (Å²) in [5.41, 5.74) is 8.68. The van der Waals surface area contributed by atoms with Gasteiger partial charge in [-0.15, -0.1) is 0 Å². The molecule has 1 aromatic rings. The second-order valence-electron chi connectivity index (χ2n) is 5.04. The van der Waals surface area contributed by atoms with Gasteiger partial charge in [-0.05, 0) is 31.4 Å². The fraction of sp³-hybridized carbons (Fsp3) is 0.625. The van der Waals surface area contributed by atoms with Crippen LogP contribution < -0.4 is 10.6 Å². The SMILES string of the molecule is CCCCN(CCCC)c1ccccc1[C@H](C)N. The lowest BCUT2D eigenvalue weighted by Gasteiger charge is -2.28. The van der Waals surface area contributed by atoms with E-state index in [-0.39, 0.29) is 6.04 Å². The molecule has 0 radical (unpaired) electrons. The Balaban J connectivity index is 2.88. The van der Waals surface area contributed by atoms with Crippen LogP contribution in [0, 0.1) is 0 Å². The average Bonchev–Trinajstić information content (AvgIpc) is 2.39. The summed E-state index contributed by atoms with van der Waals surface area (Å²) in [4.78, 5) is 2.51. The van der Waals surface area contributed by atoms with Gasteiger partial charge in [0.05, 0.1) is 0 Å². The number of hydrogen-bond acceptors (Lipinski definition) is 2. The lowest BCUT2D eigenvalue weighted by molar-refractivity contribution is 0.671. The number of unbranched alkanes of at least 4 members (excludes halogenated alkanes) is 2. The van der Waals surface area contributed by atoms with Gasteiger partial charge < -0.3 is 10.6 Å². The maximum Gasteiger partial charge on any atom is 0.0414 e. The smallest absolute Gasteiger partial charge is 0.0414 e. The van der Waals surface area contributed by atoms with Crippen molar-refractivity contribution >= 4 is 5.69 Å². The molecule has 0 aliphatic heterocycles. The summed E-state index contributed by atoms with van der Waals surface area (Å²) >= 11 is 0. The molecule has 0 unspecified atom stereocenters. The van der Waals surface area contributed by atoms with E-state index in [9.17, 15) is 0 Å². The number of benzene rings is 1. The molecule has 0 aliphatic carbocycles. The van der Waals surface area contributed by atoms with E-state index < -0.39 is 0 Å². The number of nitrogens with zero attached hydrogens (tertiary/aromatic N) is 1. The Morgan fingerprint density at radius 2 is 1.61 bits per heavy atom. The zero-order chi connectivity index (χ0) is 13.4. The predicted molar refractivity (Wildman–Crippen MR) is 81.1 cm³/mol. The molecule has 2 N–H and O–H groups in total. The molecule has 0 amide bonds. The van der Waals surface area contributed by atoms with Crippen LogP contribution in [0.1, 0.15) is 58.1 Å². The lowest BCUT2D eigenvalue weighted by Crippen LogP contribution is -2.27. The molecule has 1 atom stereocenters. The van der Waals surface area contributed by atoms with E-state index in [0.717, 1.165) is 13.1 Å². The van der Waals surface area contributed by atoms with Gasteiger partial charge in [-0.25, -0.2) is 0 Å². The Hall–Kier alpha value is -1.02. The number of anilines is 1. The summed E-state index contributed by atoms with van der Waals surface area (Å²) in [6.45, 7) is 8.84. The van der Waals surface area contributed by atoms with Gasteiger partial charge in [0.1, 0.15) is 0 Å². The van der Waals surface area contributed by atoms with Gasteiger partial charge in [0.25, 0.3) is 0 Å². The van der Waals surface area contributed by atoms with Crippen LogP contribution in [0.25, 0.3) is 0 Å². The quantitative estimate of drug-likeness (QED) is 0.750. The van der Waals surface area contributed by atoms with E-state index in [2.05, 4.69) is 49.9 Å². The topological polar surface area (TPSA) is 29.3 Å². The van der Waals surface area contributed by atoms with Crippen LogP contribution >= 0.6 is 0 Å². The van der Waals surface area contributed by atoms with Crippen molar-refractivity contribution in [2.45, 2.75) is 52.5 Å². The Morgan fingerprint density at radius 3 is 2.11 bits per heavy atom. The molecule has 1 rings (SSSR count). The first-order valence-corrected chi connectivity index (χ1v) is 7.30. The maximum absolute atomic E-state index is 6.08. The van der Waals surface area contributed by atoms with Crippen molar-refractivity contribution in [3.63, 3.8) is 0 Å². The van der Waals surface area contributed by atoms with Crippen LogP contribution in [-0.4, -0.2) is 13.1 Å². The Kier molecular flexibility index (Phi) is 6.81. The summed E-state index contributed by atoms with van der Waals surface area (Å²) < 4.78 is 0. The monoisotopic (exact) mass is 248 g/mol. The highest BCUT2D eigenvalue weighted by molar-refractivity contribution is 5.54. The lowest BCUT2D eigenvalue weighted by atomic mass is 10.1. The van der Waals surface area contributed by atoms with Crippen molar-refractivity contribution in [3.8, 4) is 0 Å². The van der Waals surface area contributed by atoms with Crippen LogP contribution in [-0.2, 0) is 0 Å². The molecule has 0 spiro atoms. The van der Waals surface area contributed by atoms with E-state index in [0.29, 0.717) is 0 Å². The molecule has 0 bridgehead atoms. The highest BCUT2D eigenvalue weighted by Gasteiger charge is 2.12. The number of hydrogen-bond donors (Lipinski definition) is 1. The van der Waals surface area contributed by atoms with Gasteiger partial charge in [0, 0.05) is 24.8 Å². The van der Waals surface area contributed by atoms with E-state index in [1.54, 1.807) is 0 Å². The van der Waals surface area contributed by atoms with Gasteiger partial charge in [-0.3, -0.25) is 0 Å². The molecule has 0 aliphatic rings. The van der Waals surface area contributed by atoms with Crippen molar-refractivity contribution in [2.24, 2.45) is 5.73 Å². The molecule has 0 heterocycles. The zero-order valence-corrected chi connectivity index (χ0v) is 12.2. The van der Waals surface area contributed by atoms with E-state index in [4.69, 9.17) is 5.73 Å². The molecule has 2 heteroatoms. The van der Waals surface area contributed by atoms with Crippen molar-refractivity contribution in [2.75, 3.05) is 18.0 Å². The standard InChI is InChI=1S/C16H28N2/c1-4-6-12-18(13-7-5-2)16-11-9-8-10-15(16)14(3)17/h8-11,14H,4-7,12-13,17H2,1-3H3/t14-/m0/s1. The van der Waals surface area contributed by atoms with Gasteiger partial charge >= 0.3 is 0 Å². The molecule has 0 fully saturated rings. The summed E-state index contributed by atoms with van der Waals surface area (Å²) in [5, 5.41) is 0. The Morgan fingerprint density at radius 1 is 1.06 bits per heavy atom. The van der Waals surface area contributed by atoms with Crippen LogP contribution in [0.3, 0.4) is 0 Å². The van der Waals surface area contributed by atoms with Gasteiger partial charge in [-0.2, -0.15) is 0 Å². The second-order valence-corrected chi connectivity index (χ2v) is 5.04. The predicted octanol–water partition coefficient (Wildman–Crippen LogP) is 4.11. The largest absolute Gasteiger partial charge is 0.371 e. The van der Waals surface area contributed by atoms with Gasteiger partial charge in [0.2, 0.25) is 0 Å². The Bertz CT molecular complexity index is 326. The molecule has 102 valence electrons. The number of para-hydroxylation sites is 1. The van der Waals surface area contributed by atoms with Crippen LogP contribution in [0.4, 0.5) is 5.69 Å². The Labute approximate surface area is 112 Å². The van der Waals surface area contributed by atoms with E-state index in [1.807, 2.05) is 0 Å². The summed E-state index contributed by atoms with van der Waals surface area (Å²) in [7, 11) is 0. The fourth-order valence-electron chi connectivity index (χ4n) is 2.21. The van der Waals surface area contributed by atoms with Crippen molar-refractivity contribution in [1.29, 1.82) is 0 Å². The van der Waals surface area contributed by atoms with E-state index in [1.165, 1.54) is 36.9 Å². The molecule has 0 aromatic heterocycles. The third-order valence-electron chi connectivity index (χ3n) is 3.33. The first kappa shape index (κ1) is 15.0. The molecular weight excluding hydrogens is 220 g/mol. The minimum absolute atomic E-state index is 0.104. The minimum Gasteiger partial charge on any atom is -0.371 e. The summed E-state index contributed by atoms with van der Waals surface area (Å²) in [6, 6.07) is 8.67. The first-order valence-electron chi connectivity index (χ1n) is 7.30. The third-order valence-corrected chi connectivity index (χ3v) is 3.33. The average molecular weight is 248 g/mol. The maximum atomic E-state index is 6.08. The van der Waals surface area contributed by atoms with Crippen molar-refractivity contribution in [3.05, 3.63) is 29.8 Å². The van der Waals surface area contributed by atoms with Crippen molar-refractivity contribution in [1.82, 2.24) is 0 Å². The zero-order valence-electron chi connectivity index (χ0n) is 12.2. The second kappa shape index (κ2) is 8.15. The van der Waals surface area contributed by atoms with Gasteiger partial charge in [0.15, 0.2) is 0 Å². The van der Waals surface area contributed by atoms with Crippen LogP contribution in [0.5, 0.6) is 0 Å². The highest BCUT2D eigenvalue weighted by atomic mass is 15.1. The summed E-state index contributed by atoms with van der Waals surface area (Å²) in [5.74, 6) is 0. The molecule has 0 saturated heterocycles. The number of nitrogens with two attached hydrogens (primary N) is 1. The summed E-state index contributed by atoms with van der Waals surface area (Å²) in [6.07, 6.45) is 4.97. The fourth-order valence-corrected chi connectivity index (χ4v) is 2.21. The van der Waals surface area contributed by atoms with E-state index >= 15 is 0 Å². The molecule has 18 heavy (non-hydrogen) atoms. The number of rotatable bonds is 8. The molecule has 0 saturated carbocycles. The third kappa shape index (κ3) is 4.34.